The molecule has 0 saturated heterocycles. The summed E-state index contributed by atoms with van der Waals surface area (Å²) < 4.78 is 0. The van der Waals surface area contributed by atoms with E-state index in [-0.39, 0.29) is 17.7 Å². The highest BCUT2D eigenvalue weighted by atomic mass is 16.4. The van der Waals surface area contributed by atoms with E-state index in [1.165, 1.54) is 19.4 Å². The number of benzene rings is 1. The Balaban J connectivity index is 1.53. The molecule has 7 nitrogen and oxygen atoms in total. The van der Waals surface area contributed by atoms with Crippen molar-refractivity contribution in [3.05, 3.63) is 59.9 Å². The molecule has 1 aromatic carbocycles. The monoisotopic (exact) mass is 409 g/mol. The fourth-order valence-electron chi connectivity index (χ4n) is 3.68. The molecule has 2 amide bonds. The molecule has 3 N–H and O–H groups in total. The first kappa shape index (κ1) is 21.5. The van der Waals surface area contributed by atoms with Crippen molar-refractivity contribution in [2.45, 2.75) is 51.0 Å². The molecule has 1 aromatic heterocycles. The summed E-state index contributed by atoms with van der Waals surface area (Å²) in [7, 11) is 0. The van der Waals surface area contributed by atoms with Gasteiger partial charge in [-0.05, 0) is 75.3 Å². The number of aliphatic carboxylic acids is 1. The maximum Gasteiger partial charge on any atom is 0.328 e. The average molecular weight is 409 g/mol. The Morgan fingerprint density at radius 2 is 1.67 bits per heavy atom. The minimum absolute atomic E-state index is 0.156. The van der Waals surface area contributed by atoms with E-state index in [4.69, 9.17) is 0 Å². The highest BCUT2D eigenvalue weighted by Gasteiger charge is 2.33. The van der Waals surface area contributed by atoms with Crippen molar-refractivity contribution in [2.75, 3.05) is 5.32 Å². The van der Waals surface area contributed by atoms with Crippen LogP contribution in [0, 0.1) is 5.92 Å². The van der Waals surface area contributed by atoms with Crippen molar-refractivity contribution in [1.29, 1.82) is 0 Å². The zero-order valence-corrected chi connectivity index (χ0v) is 17.2. The molecule has 1 aliphatic carbocycles. The molecule has 1 saturated carbocycles. The lowest BCUT2D eigenvalue weighted by Crippen LogP contribution is -2.51. The normalized spacial score (nSPS) is 19.0. The van der Waals surface area contributed by atoms with Gasteiger partial charge < -0.3 is 15.7 Å². The zero-order valence-electron chi connectivity index (χ0n) is 17.2. The topological polar surface area (TPSA) is 108 Å². The van der Waals surface area contributed by atoms with Crippen molar-refractivity contribution in [2.24, 2.45) is 5.92 Å². The summed E-state index contributed by atoms with van der Waals surface area (Å²) >= 11 is 0. The number of nitrogens with zero attached hydrogens (tertiary/aromatic N) is 1. The van der Waals surface area contributed by atoms with Crippen LogP contribution in [0.15, 0.2) is 48.7 Å². The van der Waals surface area contributed by atoms with Gasteiger partial charge >= 0.3 is 5.97 Å². The van der Waals surface area contributed by atoms with E-state index < -0.39 is 11.5 Å². The third-order valence-corrected chi connectivity index (χ3v) is 5.61. The minimum atomic E-state index is -1.26. The van der Waals surface area contributed by atoms with Crippen LogP contribution in [-0.2, 0) is 9.59 Å². The van der Waals surface area contributed by atoms with Gasteiger partial charge in [-0.2, -0.15) is 0 Å². The van der Waals surface area contributed by atoms with Crippen LogP contribution in [0.3, 0.4) is 0 Å². The van der Waals surface area contributed by atoms with Crippen molar-refractivity contribution < 1.29 is 19.5 Å². The Kier molecular flexibility index (Phi) is 6.50. The molecular formula is C23H27N3O4. The quantitative estimate of drug-likeness (QED) is 0.676. The number of anilines is 1. The molecule has 7 heteroatoms. The Morgan fingerprint density at radius 1 is 1.00 bits per heavy atom. The smallest absolute Gasteiger partial charge is 0.328 e. The predicted molar refractivity (Wildman–Crippen MR) is 113 cm³/mol. The number of nitrogens with one attached hydrogen (secondary N) is 2. The van der Waals surface area contributed by atoms with Gasteiger partial charge in [0.15, 0.2) is 0 Å². The maximum atomic E-state index is 12.4. The van der Waals surface area contributed by atoms with Crippen LogP contribution < -0.4 is 10.6 Å². The number of rotatable bonds is 6. The minimum Gasteiger partial charge on any atom is -0.480 e. The van der Waals surface area contributed by atoms with Gasteiger partial charge in [0.25, 0.3) is 5.91 Å². The number of carbonyl (C=O) groups is 3. The maximum absolute atomic E-state index is 12.4. The second-order valence-corrected chi connectivity index (χ2v) is 8.26. The van der Waals surface area contributed by atoms with E-state index in [1.54, 1.807) is 24.4 Å². The predicted octanol–water partition coefficient (Wildman–Crippen LogP) is 3.59. The Hall–Kier alpha value is -3.22. The number of aromatic nitrogens is 1. The van der Waals surface area contributed by atoms with Gasteiger partial charge in [0.05, 0.1) is 0 Å². The first-order chi connectivity index (χ1) is 14.3. The number of carboxylic acids is 1. The molecule has 3 rings (SSSR count). The van der Waals surface area contributed by atoms with Crippen molar-refractivity contribution in [3.63, 3.8) is 0 Å². The number of pyridine rings is 1. The van der Waals surface area contributed by atoms with Gasteiger partial charge in [0.1, 0.15) is 11.2 Å². The largest absolute Gasteiger partial charge is 0.480 e. The van der Waals surface area contributed by atoms with Crippen LogP contribution in [0.4, 0.5) is 5.69 Å². The third kappa shape index (κ3) is 5.23. The summed E-state index contributed by atoms with van der Waals surface area (Å²) in [6.45, 7) is 2.99. The average Bonchev–Trinajstić information content (AvgIpc) is 2.74. The number of amides is 2. The van der Waals surface area contributed by atoms with Crippen LogP contribution >= 0.6 is 0 Å². The van der Waals surface area contributed by atoms with E-state index in [0.717, 1.165) is 25.7 Å². The lowest BCUT2D eigenvalue weighted by atomic mass is 9.78. The lowest BCUT2D eigenvalue weighted by Gasteiger charge is -2.30. The van der Waals surface area contributed by atoms with E-state index >= 15 is 0 Å². The Bertz CT molecular complexity index is 902. The van der Waals surface area contributed by atoms with Crippen LogP contribution in [0.25, 0.3) is 0 Å². The first-order valence-electron chi connectivity index (χ1n) is 10.1. The van der Waals surface area contributed by atoms with Gasteiger partial charge in [0, 0.05) is 17.8 Å². The molecule has 0 spiro atoms. The van der Waals surface area contributed by atoms with E-state index in [2.05, 4.69) is 15.6 Å². The van der Waals surface area contributed by atoms with Gasteiger partial charge in [-0.25, -0.2) is 4.79 Å². The van der Waals surface area contributed by atoms with Crippen molar-refractivity contribution >= 4 is 23.5 Å². The standard InChI is InChI=1S/C23H27N3O4/c1-23(2,22(29)30)26-20(27)17-8-6-15(7-9-17)16-10-12-18(13-11-16)25-21(28)19-5-3-4-14-24-19/h3-5,10-15,17H,6-9H2,1-2H3,(H,25,28)(H,26,27)(H,29,30)/t15-,17-. The number of carboxylic acid groups (broad SMARTS) is 1. The molecule has 158 valence electrons. The van der Waals surface area contributed by atoms with E-state index in [0.29, 0.717) is 17.3 Å². The zero-order chi connectivity index (χ0) is 21.7. The highest BCUT2D eigenvalue weighted by Crippen LogP contribution is 2.36. The number of carbonyl (C=O) groups excluding carboxylic acids is 2. The fourth-order valence-corrected chi connectivity index (χ4v) is 3.68. The summed E-state index contributed by atoms with van der Waals surface area (Å²) in [6, 6.07) is 13.0. The van der Waals surface area contributed by atoms with Crippen molar-refractivity contribution in [1.82, 2.24) is 10.3 Å². The second kappa shape index (κ2) is 9.07. The lowest BCUT2D eigenvalue weighted by molar-refractivity contribution is -0.146. The SMILES string of the molecule is CC(C)(NC(=O)[C@H]1CC[C@H](c2ccc(NC(=O)c3ccccn3)cc2)CC1)C(=O)O. The van der Waals surface area contributed by atoms with E-state index in [9.17, 15) is 19.5 Å². The fraction of sp³-hybridized carbons (Fsp3) is 0.391. The third-order valence-electron chi connectivity index (χ3n) is 5.61. The molecule has 1 heterocycles. The van der Waals surface area contributed by atoms with Gasteiger partial charge in [-0.1, -0.05) is 18.2 Å². The van der Waals surface area contributed by atoms with Gasteiger partial charge in [-0.15, -0.1) is 0 Å². The summed E-state index contributed by atoms with van der Waals surface area (Å²) in [6.07, 6.45) is 4.77. The Morgan fingerprint density at radius 3 is 2.23 bits per heavy atom. The number of hydrogen-bond donors (Lipinski definition) is 3. The summed E-state index contributed by atoms with van der Waals surface area (Å²) in [5, 5.41) is 14.7. The van der Waals surface area contributed by atoms with Crippen molar-refractivity contribution in [3.8, 4) is 0 Å². The molecular weight excluding hydrogens is 382 g/mol. The van der Waals surface area contributed by atoms with Gasteiger partial charge in [0.2, 0.25) is 5.91 Å². The summed E-state index contributed by atoms with van der Waals surface area (Å²) in [5.74, 6) is -1.29. The molecule has 0 aliphatic heterocycles. The first-order valence-corrected chi connectivity index (χ1v) is 10.1. The van der Waals surface area contributed by atoms with Crippen LogP contribution in [0.2, 0.25) is 0 Å². The molecule has 0 atom stereocenters. The molecule has 30 heavy (non-hydrogen) atoms. The molecule has 0 unspecified atom stereocenters. The molecule has 0 bridgehead atoms. The summed E-state index contributed by atoms with van der Waals surface area (Å²) in [5.41, 5.74) is 0.988. The highest BCUT2D eigenvalue weighted by molar-refractivity contribution is 6.02. The molecule has 0 radical (unpaired) electrons. The molecule has 1 aliphatic rings. The Labute approximate surface area is 175 Å². The molecule has 1 fully saturated rings. The van der Waals surface area contributed by atoms with Crippen LogP contribution in [0.1, 0.15) is 61.5 Å². The van der Waals surface area contributed by atoms with Crippen LogP contribution in [0.5, 0.6) is 0 Å². The van der Waals surface area contributed by atoms with E-state index in [1.807, 2.05) is 24.3 Å². The molecule has 2 aromatic rings. The van der Waals surface area contributed by atoms with Gasteiger partial charge in [-0.3, -0.25) is 14.6 Å². The second-order valence-electron chi connectivity index (χ2n) is 8.26. The summed E-state index contributed by atoms with van der Waals surface area (Å²) in [4.78, 5) is 39.8. The van der Waals surface area contributed by atoms with Crippen LogP contribution in [-0.4, -0.2) is 33.4 Å². The number of hydrogen-bond acceptors (Lipinski definition) is 4.